The molecule has 0 fully saturated rings. The van der Waals surface area contributed by atoms with Crippen molar-refractivity contribution in [3.05, 3.63) is 28.2 Å². The molecule has 1 aromatic carbocycles. The molecule has 0 saturated carbocycles. The predicted molar refractivity (Wildman–Crippen MR) is 80.7 cm³/mol. The SMILES string of the molecule is COC(=O)C(C)(C)[C@H](N)c1ccc(OC)c(Br)c1.Cl. The quantitative estimate of drug-likeness (QED) is 0.846. The normalized spacial score (nSPS) is 12.3. The molecular formula is C13H19BrClNO3. The fraction of sp³-hybridized carbons (Fsp3) is 0.462. The van der Waals surface area contributed by atoms with E-state index in [-0.39, 0.29) is 18.4 Å². The van der Waals surface area contributed by atoms with Gasteiger partial charge in [-0.2, -0.15) is 0 Å². The third-order valence-electron chi connectivity index (χ3n) is 3.02. The Balaban J connectivity index is 0.00000324. The molecule has 0 heterocycles. The van der Waals surface area contributed by atoms with E-state index in [1.807, 2.05) is 18.2 Å². The van der Waals surface area contributed by atoms with Crippen molar-refractivity contribution in [1.29, 1.82) is 0 Å². The van der Waals surface area contributed by atoms with Crippen molar-refractivity contribution < 1.29 is 14.3 Å². The van der Waals surface area contributed by atoms with E-state index in [1.54, 1.807) is 21.0 Å². The zero-order valence-electron chi connectivity index (χ0n) is 11.4. The van der Waals surface area contributed by atoms with Gasteiger partial charge in [0, 0.05) is 6.04 Å². The lowest BCUT2D eigenvalue weighted by Crippen LogP contribution is -2.37. The Morgan fingerprint density at radius 1 is 1.37 bits per heavy atom. The number of hydrogen-bond donors (Lipinski definition) is 1. The van der Waals surface area contributed by atoms with Crippen LogP contribution in [0.5, 0.6) is 5.75 Å². The molecule has 0 aromatic heterocycles. The highest BCUT2D eigenvalue weighted by molar-refractivity contribution is 9.10. The van der Waals surface area contributed by atoms with Gasteiger partial charge in [0.2, 0.25) is 0 Å². The first-order valence-electron chi connectivity index (χ1n) is 5.52. The van der Waals surface area contributed by atoms with Gasteiger partial charge in [-0.25, -0.2) is 0 Å². The number of carbonyl (C=O) groups excluding carboxylic acids is 1. The Kier molecular flexibility index (Phi) is 6.83. The number of nitrogens with two attached hydrogens (primary N) is 1. The number of carbonyl (C=O) groups is 1. The first-order valence-corrected chi connectivity index (χ1v) is 6.31. The summed E-state index contributed by atoms with van der Waals surface area (Å²) in [6, 6.07) is 5.06. The molecule has 1 atom stereocenters. The lowest BCUT2D eigenvalue weighted by Gasteiger charge is -2.29. The maximum absolute atomic E-state index is 11.7. The Labute approximate surface area is 128 Å². The van der Waals surface area contributed by atoms with Gasteiger partial charge in [0.25, 0.3) is 0 Å². The summed E-state index contributed by atoms with van der Waals surface area (Å²) >= 11 is 3.40. The maximum atomic E-state index is 11.7. The van der Waals surface area contributed by atoms with Crippen LogP contribution in [0.25, 0.3) is 0 Å². The zero-order valence-corrected chi connectivity index (χ0v) is 13.8. The molecule has 4 nitrogen and oxygen atoms in total. The number of halogens is 2. The molecule has 1 rings (SSSR count). The number of esters is 1. The molecule has 0 spiro atoms. The molecule has 0 bridgehead atoms. The van der Waals surface area contributed by atoms with Crippen molar-refractivity contribution in [2.24, 2.45) is 11.1 Å². The van der Waals surface area contributed by atoms with Gasteiger partial charge in [0.1, 0.15) is 5.75 Å². The first-order chi connectivity index (χ1) is 8.34. The minimum Gasteiger partial charge on any atom is -0.496 e. The Bertz CT molecular complexity index is 452. The molecule has 0 aliphatic heterocycles. The van der Waals surface area contributed by atoms with Crippen LogP contribution in [-0.2, 0) is 9.53 Å². The van der Waals surface area contributed by atoms with Gasteiger partial charge in [-0.05, 0) is 47.5 Å². The number of hydrogen-bond acceptors (Lipinski definition) is 4. The van der Waals surface area contributed by atoms with Crippen molar-refractivity contribution >= 4 is 34.3 Å². The third-order valence-corrected chi connectivity index (χ3v) is 3.64. The Morgan fingerprint density at radius 3 is 2.37 bits per heavy atom. The standard InChI is InChI=1S/C13H18BrNO3.ClH/c1-13(2,12(16)18-4)11(15)8-5-6-10(17-3)9(14)7-8;/h5-7,11H,15H2,1-4H3;1H/t11-;/m1./s1. The van der Waals surface area contributed by atoms with Crippen LogP contribution in [0.15, 0.2) is 22.7 Å². The second kappa shape index (κ2) is 7.12. The molecular weight excluding hydrogens is 334 g/mol. The van der Waals surface area contributed by atoms with Gasteiger partial charge in [-0.15, -0.1) is 12.4 Å². The maximum Gasteiger partial charge on any atom is 0.313 e. The largest absolute Gasteiger partial charge is 0.496 e. The van der Waals surface area contributed by atoms with Crippen molar-refractivity contribution in [3.8, 4) is 5.75 Å². The topological polar surface area (TPSA) is 61.5 Å². The fourth-order valence-electron chi connectivity index (χ4n) is 1.68. The second-order valence-electron chi connectivity index (χ2n) is 4.58. The number of rotatable bonds is 4. The summed E-state index contributed by atoms with van der Waals surface area (Å²) in [5, 5.41) is 0. The van der Waals surface area contributed by atoms with Crippen LogP contribution >= 0.6 is 28.3 Å². The molecule has 108 valence electrons. The molecule has 0 amide bonds. The molecule has 2 N–H and O–H groups in total. The van der Waals surface area contributed by atoms with Crippen LogP contribution in [0.2, 0.25) is 0 Å². The number of ether oxygens (including phenoxy) is 2. The average Bonchev–Trinajstić information content (AvgIpc) is 2.36. The highest BCUT2D eigenvalue weighted by Crippen LogP contribution is 2.35. The van der Waals surface area contributed by atoms with Gasteiger partial charge < -0.3 is 15.2 Å². The van der Waals surface area contributed by atoms with E-state index in [2.05, 4.69) is 15.9 Å². The molecule has 0 radical (unpaired) electrons. The monoisotopic (exact) mass is 351 g/mol. The van der Waals surface area contributed by atoms with E-state index in [9.17, 15) is 4.79 Å². The van der Waals surface area contributed by atoms with E-state index in [1.165, 1.54) is 7.11 Å². The summed E-state index contributed by atoms with van der Waals surface area (Å²) < 4.78 is 10.7. The molecule has 1 aromatic rings. The van der Waals surface area contributed by atoms with Crippen molar-refractivity contribution in [1.82, 2.24) is 0 Å². The van der Waals surface area contributed by atoms with Crippen LogP contribution in [-0.4, -0.2) is 20.2 Å². The van der Waals surface area contributed by atoms with Crippen LogP contribution in [0.3, 0.4) is 0 Å². The summed E-state index contributed by atoms with van der Waals surface area (Å²) in [7, 11) is 2.96. The minimum absolute atomic E-state index is 0. The molecule has 0 saturated heterocycles. The van der Waals surface area contributed by atoms with Crippen LogP contribution in [0.4, 0.5) is 0 Å². The summed E-state index contributed by atoms with van der Waals surface area (Å²) in [4.78, 5) is 11.7. The number of methoxy groups -OCH3 is 2. The highest BCUT2D eigenvalue weighted by atomic mass is 79.9. The molecule has 0 aliphatic carbocycles. The van der Waals surface area contributed by atoms with Gasteiger partial charge in [0.15, 0.2) is 0 Å². The van der Waals surface area contributed by atoms with E-state index in [0.29, 0.717) is 0 Å². The summed E-state index contributed by atoms with van der Waals surface area (Å²) in [5.41, 5.74) is 6.20. The smallest absolute Gasteiger partial charge is 0.313 e. The molecule has 6 heteroatoms. The van der Waals surface area contributed by atoms with Gasteiger partial charge in [-0.3, -0.25) is 4.79 Å². The van der Waals surface area contributed by atoms with Gasteiger partial charge in [-0.1, -0.05) is 6.07 Å². The van der Waals surface area contributed by atoms with Crippen molar-refractivity contribution in [2.75, 3.05) is 14.2 Å². The summed E-state index contributed by atoms with van der Waals surface area (Å²) in [5.74, 6) is 0.392. The zero-order chi connectivity index (χ0) is 13.9. The highest BCUT2D eigenvalue weighted by Gasteiger charge is 2.36. The van der Waals surface area contributed by atoms with Crippen molar-refractivity contribution in [3.63, 3.8) is 0 Å². The second-order valence-corrected chi connectivity index (χ2v) is 5.44. The average molecular weight is 353 g/mol. The lowest BCUT2D eigenvalue weighted by atomic mass is 9.81. The van der Waals surface area contributed by atoms with Crippen LogP contribution in [0.1, 0.15) is 25.5 Å². The summed E-state index contributed by atoms with van der Waals surface area (Å²) in [6.07, 6.45) is 0. The first kappa shape index (κ1) is 18.2. The van der Waals surface area contributed by atoms with Crippen molar-refractivity contribution in [2.45, 2.75) is 19.9 Å². The van der Waals surface area contributed by atoms with Crippen LogP contribution < -0.4 is 10.5 Å². The number of benzene rings is 1. The third kappa shape index (κ3) is 3.84. The van der Waals surface area contributed by atoms with Crippen LogP contribution in [0, 0.1) is 5.41 Å². The molecule has 0 aliphatic rings. The Hall–Kier alpha value is -0.780. The molecule has 0 unspecified atom stereocenters. The van der Waals surface area contributed by atoms with Gasteiger partial charge in [0.05, 0.1) is 24.1 Å². The minimum atomic E-state index is -0.789. The molecule has 19 heavy (non-hydrogen) atoms. The summed E-state index contributed by atoms with van der Waals surface area (Å²) in [6.45, 7) is 3.53. The van der Waals surface area contributed by atoms with E-state index < -0.39 is 11.5 Å². The fourth-order valence-corrected chi connectivity index (χ4v) is 2.24. The van der Waals surface area contributed by atoms with E-state index in [0.717, 1.165) is 15.8 Å². The van der Waals surface area contributed by atoms with Gasteiger partial charge >= 0.3 is 5.97 Å². The predicted octanol–water partition coefficient (Wildman–Crippen LogP) is 3.08. The lowest BCUT2D eigenvalue weighted by molar-refractivity contribution is -0.152. The van der Waals surface area contributed by atoms with E-state index >= 15 is 0 Å². The Morgan fingerprint density at radius 2 is 1.95 bits per heavy atom. The van der Waals surface area contributed by atoms with E-state index in [4.69, 9.17) is 15.2 Å².